The number of nitrogens with zero attached hydrogens (tertiary/aromatic N) is 1. The molecule has 3 rings (SSSR count). The van der Waals surface area contributed by atoms with Crippen LogP contribution in [0.1, 0.15) is 20.7 Å². The van der Waals surface area contributed by atoms with E-state index in [1.807, 2.05) is 0 Å². The van der Waals surface area contributed by atoms with Gasteiger partial charge in [0.25, 0.3) is 5.91 Å². The third kappa shape index (κ3) is 3.35. The van der Waals surface area contributed by atoms with Crippen LogP contribution in [0.2, 0.25) is 0 Å². The van der Waals surface area contributed by atoms with Crippen molar-refractivity contribution in [2.45, 2.75) is 0 Å². The van der Waals surface area contributed by atoms with Gasteiger partial charge in [0, 0.05) is 29.3 Å². The smallest absolute Gasteiger partial charge is 0.545 e. The van der Waals surface area contributed by atoms with Crippen molar-refractivity contribution in [3.05, 3.63) is 53.7 Å². The van der Waals surface area contributed by atoms with Crippen molar-refractivity contribution in [1.82, 2.24) is 9.72 Å². The molecule has 7 heteroatoms. The molecule has 2 heterocycles. The molecule has 0 bridgehead atoms. The number of aliphatic hydroxyl groups is 1. The number of carbonyl (C=O) groups excluding carboxylic acids is 2. The van der Waals surface area contributed by atoms with Crippen LogP contribution >= 0.6 is 0 Å². The van der Waals surface area contributed by atoms with Crippen LogP contribution in [0.3, 0.4) is 0 Å². The number of pyridine rings is 1. The summed E-state index contributed by atoms with van der Waals surface area (Å²) in [5.74, 6) is -1.58. The van der Waals surface area contributed by atoms with Crippen LogP contribution in [0.15, 0.2) is 42.6 Å². The summed E-state index contributed by atoms with van der Waals surface area (Å²) in [6.45, 7) is 0.0208. The Kier molecular flexibility index (Phi) is 5.96. The number of carbonyl (C=O) groups is 2. The number of aromatic carboxylic acids is 1. The van der Waals surface area contributed by atoms with Crippen LogP contribution in [0.4, 0.5) is 0 Å². The van der Waals surface area contributed by atoms with E-state index in [0.29, 0.717) is 22.0 Å². The summed E-state index contributed by atoms with van der Waals surface area (Å²) >= 11 is 0. The number of amides is 1. The van der Waals surface area contributed by atoms with Crippen molar-refractivity contribution in [1.29, 1.82) is 0 Å². The molecule has 3 aromatic rings. The normalized spacial score (nSPS) is 10.5. The number of carboxylic acid groups (broad SMARTS) is 1. The maximum atomic E-state index is 12.0. The summed E-state index contributed by atoms with van der Waals surface area (Å²) in [5.41, 5.74) is 1.64. The first-order valence-corrected chi connectivity index (χ1v) is 6.76. The van der Waals surface area contributed by atoms with Crippen LogP contribution in [-0.2, 0) is 0 Å². The number of hydrogen-bond acceptors (Lipinski definition) is 4. The zero-order valence-electron chi connectivity index (χ0n) is 12.6. The Bertz CT molecular complexity index is 888. The predicted octanol–water partition coefficient (Wildman–Crippen LogP) is -2.82. The fourth-order valence-corrected chi connectivity index (χ4v) is 2.56. The van der Waals surface area contributed by atoms with Crippen molar-refractivity contribution in [3.8, 4) is 0 Å². The molecule has 0 radical (unpaired) electrons. The number of hydrogen-bond donors (Lipinski definition) is 2. The number of rotatable bonds is 4. The summed E-state index contributed by atoms with van der Waals surface area (Å²) in [4.78, 5) is 23.4. The van der Waals surface area contributed by atoms with E-state index in [9.17, 15) is 14.7 Å². The average molecular weight is 336 g/mol. The Labute approximate surface area is 174 Å². The van der Waals surface area contributed by atoms with Crippen LogP contribution in [0.25, 0.3) is 16.4 Å². The number of aromatic nitrogens is 1. The summed E-state index contributed by atoms with van der Waals surface area (Å²) in [6, 6.07) is 10.00. The maximum absolute atomic E-state index is 12.0. The molecular formula is C16H13KN2O4. The molecule has 2 N–H and O–H groups in total. The number of aliphatic hydroxyl groups excluding tert-OH is 1. The molecule has 0 unspecified atom stereocenters. The molecule has 0 saturated heterocycles. The molecule has 1 amide bonds. The molecule has 112 valence electrons. The Morgan fingerprint density at radius 3 is 2.65 bits per heavy atom. The largest absolute Gasteiger partial charge is 1.00 e. The van der Waals surface area contributed by atoms with Gasteiger partial charge in [-0.2, -0.15) is 0 Å². The molecule has 23 heavy (non-hydrogen) atoms. The van der Waals surface area contributed by atoms with Gasteiger partial charge in [0.1, 0.15) is 0 Å². The Morgan fingerprint density at radius 2 is 1.96 bits per heavy atom. The number of nitrogens with one attached hydrogen (secondary N) is 1. The van der Waals surface area contributed by atoms with Gasteiger partial charge in [-0.3, -0.25) is 4.79 Å². The molecule has 0 atom stereocenters. The van der Waals surface area contributed by atoms with Crippen molar-refractivity contribution < 1.29 is 71.2 Å². The predicted molar refractivity (Wildman–Crippen MR) is 78.7 cm³/mol. The summed E-state index contributed by atoms with van der Waals surface area (Å²) in [7, 11) is 0. The second-order valence-electron chi connectivity index (χ2n) is 4.83. The van der Waals surface area contributed by atoms with Crippen LogP contribution in [-0.4, -0.2) is 34.5 Å². The first kappa shape index (κ1) is 18.1. The minimum absolute atomic E-state index is 0. The van der Waals surface area contributed by atoms with E-state index in [0.717, 1.165) is 0 Å². The molecule has 2 aromatic heterocycles. The van der Waals surface area contributed by atoms with Crippen molar-refractivity contribution in [2.75, 3.05) is 13.2 Å². The zero-order valence-corrected chi connectivity index (χ0v) is 15.7. The van der Waals surface area contributed by atoms with E-state index in [1.54, 1.807) is 47.0 Å². The van der Waals surface area contributed by atoms with Crippen molar-refractivity contribution in [3.63, 3.8) is 0 Å². The van der Waals surface area contributed by atoms with E-state index in [1.165, 1.54) is 0 Å². The number of fused-ring (bicyclic) bond motifs is 3. The standard InChI is InChI=1S/C16H14N2O4.K/c19-8-6-17-15(20)10-4-5-11-13(9-10)18-7-2-1-3-12(18)14(11)16(21)22;/h1-5,7,9,19H,6,8H2,(H,17,20)(H,21,22);/q;+1/p-1. The number of carboxylic acids is 1. The molecule has 1 aromatic carbocycles. The quantitative estimate of drug-likeness (QED) is 0.503. The van der Waals surface area contributed by atoms with E-state index < -0.39 is 5.97 Å². The van der Waals surface area contributed by atoms with E-state index in [-0.39, 0.29) is 76.0 Å². The third-order valence-electron chi connectivity index (χ3n) is 3.51. The molecule has 0 aliphatic heterocycles. The topological polar surface area (TPSA) is 93.9 Å². The van der Waals surface area contributed by atoms with Crippen LogP contribution in [0, 0.1) is 0 Å². The fraction of sp³-hybridized carbons (Fsp3) is 0.125. The van der Waals surface area contributed by atoms with Gasteiger partial charge in [0.15, 0.2) is 0 Å². The van der Waals surface area contributed by atoms with Crippen LogP contribution < -0.4 is 61.8 Å². The molecule has 0 saturated carbocycles. The third-order valence-corrected chi connectivity index (χ3v) is 3.51. The summed E-state index contributed by atoms with van der Waals surface area (Å²) in [5, 5.41) is 23.2. The van der Waals surface area contributed by atoms with Gasteiger partial charge >= 0.3 is 51.4 Å². The van der Waals surface area contributed by atoms with Crippen molar-refractivity contribution >= 4 is 28.3 Å². The number of benzene rings is 1. The fourth-order valence-electron chi connectivity index (χ4n) is 2.56. The van der Waals surface area contributed by atoms with Crippen molar-refractivity contribution in [2.24, 2.45) is 0 Å². The van der Waals surface area contributed by atoms with E-state index >= 15 is 0 Å². The first-order valence-electron chi connectivity index (χ1n) is 6.76. The van der Waals surface area contributed by atoms with E-state index in [2.05, 4.69) is 5.32 Å². The van der Waals surface area contributed by atoms with Gasteiger partial charge in [-0.15, -0.1) is 0 Å². The minimum Gasteiger partial charge on any atom is -0.545 e. The molecule has 0 aliphatic rings. The zero-order chi connectivity index (χ0) is 15.7. The second-order valence-corrected chi connectivity index (χ2v) is 4.83. The van der Waals surface area contributed by atoms with E-state index in [4.69, 9.17) is 5.11 Å². The average Bonchev–Trinajstić information content (AvgIpc) is 2.86. The van der Waals surface area contributed by atoms with Gasteiger partial charge in [-0.1, -0.05) is 12.1 Å². The molecule has 0 aliphatic carbocycles. The van der Waals surface area contributed by atoms with Crippen LogP contribution in [0.5, 0.6) is 0 Å². The Morgan fingerprint density at radius 1 is 1.17 bits per heavy atom. The molecule has 0 spiro atoms. The monoisotopic (exact) mass is 336 g/mol. The Hall–Kier alpha value is -1.22. The Balaban J connectivity index is 0.00000192. The second kappa shape index (κ2) is 7.56. The van der Waals surface area contributed by atoms with Gasteiger partial charge in [0.2, 0.25) is 0 Å². The minimum atomic E-state index is -1.25. The molecule has 6 nitrogen and oxygen atoms in total. The molecule has 0 fully saturated rings. The first-order chi connectivity index (χ1) is 10.6. The molecular weight excluding hydrogens is 323 g/mol. The summed E-state index contributed by atoms with van der Waals surface area (Å²) < 4.78 is 1.71. The SMILES string of the molecule is O=C(NCCO)c1ccc2c(C(=O)[O-])c3ccccn3c2c1.[K+]. The summed E-state index contributed by atoms with van der Waals surface area (Å²) in [6.07, 6.45) is 1.74. The van der Waals surface area contributed by atoms with Gasteiger partial charge in [-0.25, -0.2) is 0 Å². The van der Waals surface area contributed by atoms with Gasteiger partial charge in [0.05, 0.1) is 23.6 Å². The van der Waals surface area contributed by atoms with Gasteiger partial charge in [-0.05, 0) is 24.3 Å². The van der Waals surface area contributed by atoms with Gasteiger partial charge < -0.3 is 24.7 Å². The maximum Gasteiger partial charge on any atom is 1.00 e.